The standard InChI is InChI=1S/C18H15ClIN5O2S/c1-2-24(11-20)16-14-10-12(19)8-9-15(14)25-17(21-16)18(22-23-25)28(26,27)13-6-4-3-5-7-13/h3-10H,2,11H2,1H3. The normalized spacial score (nSPS) is 12.0. The van der Waals surface area contributed by atoms with E-state index in [-0.39, 0.29) is 15.6 Å². The molecule has 0 aliphatic rings. The molecule has 0 unspecified atom stereocenters. The lowest BCUT2D eigenvalue weighted by atomic mass is 10.2. The third kappa shape index (κ3) is 3.11. The van der Waals surface area contributed by atoms with Gasteiger partial charge in [-0.15, -0.1) is 5.10 Å². The number of fused-ring (bicyclic) bond motifs is 3. The predicted octanol–water partition coefficient (Wildman–Crippen LogP) is 3.98. The number of hydrogen-bond donors (Lipinski definition) is 0. The summed E-state index contributed by atoms with van der Waals surface area (Å²) in [5.74, 6) is 0.647. The van der Waals surface area contributed by atoms with E-state index in [4.69, 9.17) is 11.6 Å². The van der Waals surface area contributed by atoms with Crippen molar-refractivity contribution in [1.82, 2.24) is 19.8 Å². The average Bonchev–Trinajstić information content (AvgIpc) is 3.14. The summed E-state index contributed by atoms with van der Waals surface area (Å²) in [5.41, 5.74) is 0.881. The van der Waals surface area contributed by atoms with Gasteiger partial charge in [0.2, 0.25) is 14.9 Å². The van der Waals surface area contributed by atoms with Gasteiger partial charge in [-0.1, -0.05) is 57.6 Å². The molecule has 2 aromatic carbocycles. The molecule has 0 aliphatic heterocycles. The van der Waals surface area contributed by atoms with Crippen molar-refractivity contribution in [2.24, 2.45) is 0 Å². The fourth-order valence-corrected chi connectivity index (χ4v) is 5.20. The van der Waals surface area contributed by atoms with Crippen LogP contribution in [0.4, 0.5) is 5.82 Å². The highest BCUT2D eigenvalue weighted by Gasteiger charge is 2.27. The Morgan fingerprint density at radius 2 is 1.93 bits per heavy atom. The number of rotatable bonds is 5. The number of hydrogen-bond acceptors (Lipinski definition) is 6. The van der Waals surface area contributed by atoms with Crippen LogP contribution in [0.25, 0.3) is 16.6 Å². The molecule has 4 rings (SSSR count). The van der Waals surface area contributed by atoms with Crippen molar-refractivity contribution in [3.05, 3.63) is 53.6 Å². The van der Waals surface area contributed by atoms with Gasteiger partial charge in [0.25, 0.3) is 0 Å². The molecular formula is C18H15ClIN5O2S. The Balaban J connectivity index is 2.07. The molecule has 0 amide bonds. The molecule has 4 aromatic rings. The number of aromatic nitrogens is 4. The van der Waals surface area contributed by atoms with E-state index in [9.17, 15) is 8.42 Å². The van der Waals surface area contributed by atoms with E-state index in [0.717, 1.165) is 5.39 Å². The first-order valence-corrected chi connectivity index (χ1v) is 11.8. The van der Waals surface area contributed by atoms with Crippen LogP contribution >= 0.6 is 34.2 Å². The van der Waals surface area contributed by atoms with Crippen LogP contribution in [0.5, 0.6) is 0 Å². The molecule has 0 radical (unpaired) electrons. The highest BCUT2D eigenvalue weighted by Crippen LogP contribution is 2.31. The van der Waals surface area contributed by atoms with Gasteiger partial charge in [-0.05, 0) is 37.3 Å². The molecule has 2 heterocycles. The fraction of sp³-hybridized carbons (Fsp3) is 0.167. The van der Waals surface area contributed by atoms with Gasteiger partial charge in [0.05, 0.1) is 15.0 Å². The molecule has 0 N–H and O–H groups in total. The van der Waals surface area contributed by atoms with Gasteiger partial charge in [0, 0.05) is 17.0 Å². The third-order valence-corrected chi connectivity index (χ3v) is 7.11. The Morgan fingerprint density at radius 3 is 2.61 bits per heavy atom. The van der Waals surface area contributed by atoms with Gasteiger partial charge in [-0.3, -0.25) is 0 Å². The van der Waals surface area contributed by atoms with E-state index in [2.05, 4.69) is 37.9 Å². The van der Waals surface area contributed by atoms with E-state index in [1.807, 2.05) is 11.8 Å². The largest absolute Gasteiger partial charge is 0.347 e. The maximum absolute atomic E-state index is 13.1. The third-order valence-electron chi connectivity index (χ3n) is 4.39. The number of anilines is 1. The second-order valence-corrected chi connectivity index (χ2v) is 9.00. The Bertz CT molecular complexity index is 1270. The van der Waals surface area contributed by atoms with Gasteiger partial charge in [-0.25, -0.2) is 13.4 Å². The van der Waals surface area contributed by atoms with Crippen LogP contribution in [-0.4, -0.2) is 39.3 Å². The van der Waals surface area contributed by atoms with E-state index in [0.29, 0.717) is 27.5 Å². The first kappa shape index (κ1) is 19.3. The van der Waals surface area contributed by atoms with Gasteiger partial charge >= 0.3 is 0 Å². The Labute approximate surface area is 180 Å². The Kier molecular flexibility index (Phi) is 5.15. The lowest BCUT2D eigenvalue weighted by molar-refractivity contribution is 0.592. The predicted molar refractivity (Wildman–Crippen MR) is 117 cm³/mol. The van der Waals surface area contributed by atoms with Gasteiger partial charge in [0.15, 0.2) is 5.65 Å². The van der Waals surface area contributed by atoms with E-state index < -0.39 is 9.84 Å². The summed E-state index contributed by atoms with van der Waals surface area (Å²) in [5, 5.41) is 9.24. The maximum atomic E-state index is 13.1. The SMILES string of the molecule is CCN(CI)c1nc2c(S(=O)(=O)c3ccccc3)nnn2c2ccc(Cl)cc12. The molecule has 0 bridgehead atoms. The summed E-state index contributed by atoms with van der Waals surface area (Å²) < 4.78 is 28.4. The van der Waals surface area contributed by atoms with Crippen LogP contribution in [0.1, 0.15) is 6.92 Å². The molecule has 0 spiro atoms. The quantitative estimate of drug-likeness (QED) is 0.222. The van der Waals surface area contributed by atoms with E-state index in [1.54, 1.807) is 36.4 Å². The van der Waals surface area contributed by atoms with Crippen molar-refractivity contribution in [1.29, 1.82) is 0 Å². The van der Waals surface area contributed by atoms with Crippen LogP contribution < -0.4 is 4.90 Å². The first-order chi connectivity index (χ1) is 13.5. The zero-order valence-electron chi connectivity index (χ0n) is 14.7. The van der Waals surface area contributed by atoms with Gasteiger partial charge < -0.3 is 4.90 Å². The first-order valence-electron chi connectivity index (χ1n) is 8.43. The summed E-state index contributed by atoms with van der Waals surface area (Å²) in [6.45, 7) is 2.72. The second kappa shape index (κ2) is 7.45. The molecule has 10 heteroatoms. The molecule has 0 saturated carbocycles. The average molecular weight is 528 g/mol. The second-order valence-electron chi connectivity index (χ2n) is 6.02. The van der Waals surface area contributed by atoms with Crippen molar-refractivity contribution in [2.75, 3.05) is 16.0 Å². The van der Waals surface area contributed by atoms with Crippen LogP contribution in [0.3, 0.4) is 0 Å². The monoisotopic (exact) mass is 527 g/mol. The summed E-state index contributed by atoms with van der Waals surface area (Å²) in [7, 11) is -3.86. The van der Waals surface area contributed by atoms with Crippen molar-refractivity contribution >= 4 is 66.4 Å². The topological polar surface area (TPSA) is 80.5 Å². The van der Waals surface area contributed by atoms with E-state index in [1.165, 1.54) is 16.6 Å². The van der Waals surface area contributed by atoms with Crippen LogP contribution in [0, 0.1) is 0 Å². The fourth-order valence-electron chi connectivity index (χ4n) is 2.97. The summed E-state index contributed by atoms with van der Waals surface area (Å²) in [6.07, 6.45) is 0. The smallest absolute Gasteiger partial charge is 0.229 e. The maximum Gasteiger partial charge on any atom is 0.229 e. The lowest BCUT2D eigenvalue weighted by Gasteiger charge is -2.21. The Morgan fingerprint density at radius 1 is 1.18 bits per heavy atom. The molecular weight excluding hydrogens is 513 g/mol. The molecule has 2 aromatic heterocycles. The minimum Gasteiger partial charge on any atom is -0.347 e. The van der Waals surface area contributed by atoms with Gasteiger partial charge in [0.1, 0.15) is 5.82 Å². The Hall–Kier alpha value is -1.98. The number of alkyl halides is 1. The van der Waals surface area contributed by atoms with Crippen molar-refractivity contribution in [2.45, 2.75) is 16.8 Å². The van der Waals surface area contributed by atoms with Gasteiger partial charge in [-0.2, -0.15) is 4.52 Å². The minimum atomic E-state index is -3.86. The molecule has 28 heavy (non-hydrogen) atoms. The zero-order valence-corrected chi connectivity index (χ0v) is 18.5. The minimum absolute atomic E-state index is 0.151. The van der Waals surface area contributed by atoms with Crippen LogP contribution in [0.2, 0.25) is 5.02 Å². The number of nitrogens with zero attached hydrogens (tertiary/aromatic N) is 5. The van der Waals surface area contributed by atoms with Crippen molar-refractivity contribution in [3.63, 3.8) is 0 Å². The molecule has 144 valence electrons. The van der Waals surface area contributed by atoms with Crippen LogP contribution in [0.15, 0.2) is 58.5 Å². The van der Waals surface area contributed by atoms with Crippen molar-refractivity contribution < 1.29 is 8.42 Å². The summed E-state index contributed by atoms with van der Waals surface area (Å²) >= 11 is 8.45. The number of benzene rings is 2. The molecule has 0 aliphatic carbocycles. The highest BCUT2D eigenvalue weighted by atomic mass is 127. The summed E-state index contributed by atoms with van der Waals surface area (Å²) in [6, 6.07) is 13.5. The molecule has 7 nitrogen and oxygen atoms in total. The number of sulfone groups is 1. The number of halogens is 2. The molecule has 0 atom stereocenters. The van der Waals surface area contributed by atoms with Crippen molar-refractivity contribution in [3.8, 4) is 0 Å². The lowest BCUT2D eigenvalue weighted by Crippen LogP contribution is -2.22. The van der Waals surface area contributed by atoms with Crippen LogP contribution in [-0.2, 0) is 9.84 Å². The molecule has 0 saturated heterocycles. The van der Waals surface area contributed by atoms with E-state index >= 15 is 0 Å². The summed E-state index contributed by atoms with van der Waals surface area (Å²) in [4.78, 5) is 6.84. The highest BCUT2D eigenvalue weighted by molar-refractivity contribution is 14.1. The zero-order chi connectivity index (χ0) is 19.9. The molecule has 0 fully saturated rings.